The van der Waals surface area contributed by atoms with Gasteiger partial charge in [-0.1, -0.05) is 170 Å². The number of hydrogen-bond donors (Lipinski definition) is 0. The fourth-order valence-electron chi connectivity index (χ4n) is 7.84. The van der Waals surface area contributed by atoms with Gasteiger partial charge in [-0.3, -0.25) is 0 Å². The Kier molecular flexibility index (Phi) is 8.55. The average Bonchev–Trinajstić information content (AvgIpc) is 3.42. The number of anilines is 3. The first-order valence-corrected chi connectivity index (χ1v) is 19.1. The van der Waals surface area contributed by atoms with E-state index in [1.807, 2.05) is 0 Å². The predicted molar refractivity (Wildman–Crippen MR) is 234 cm³/mol. The molecule has 56 heavy (non-hydrogen) atoms. The fraction of sp³-hybridized carbons (Fsp3) is 0. The Balaban J connectivity index is 1.05. The molecular weight excluding hydrogens is 679 g/mol. The molecule has 9 aromatic rings. The van der Waals surface area contributed by atoms with Gasteiger partial charge in [0.2, 0.25) is 0 Å². The van der Waals surface area contributed by atoms with Crippen LogP contribution >= 0.6 is 0 Å². The van der Waals surface area contributed by atoms with Gasteiger partial charge < -0.3 is 9.64 Å². The standard InChI is InChI=1S/C54H37NO/c1-4-12-38(13-5-1)41-20-22-42(23-21-41)44-26-31-47(32-27-44)55(46-29-24-43(25-30-46)39-14-6-2-7-15-39)48-33-34-51-49-18-10-11-19-50(49)52-36-45(40-16-8-3-9-17-40)28-35-53(52)56-54(51)37-48/h1-37H. The zero-order chi connectivity index (χ0) is 37.3. The largest absolute Gasteiger partial charge is 0.456 e. The Morgan fingerprint density at radius 3 is 1.11 bits per heavy atom. The molecule has 2 nitrogen and oxygen atoms in total. The Morgan fingerprint density at radius 2 is 0.607 bits per heavy atom. The highest BCUT2D eigenvalue weighted by Gasteiger charge is 2.23. The van der Waals surface area contributed by atoms with Crippen molar-refractivity contribution in [1.29, 1.82) is 0 Å². The van der Waals surface area contributed by atoms with Gasteiger partial charge >= 0.3 is 0 Å². The molecule has 0 amide bonds. The van der Waals surface area contributed by atoms with E-state index in [0.717, 1.165) is 56.4 Å². The second-order valence-electron chi connectivity index (χ2n) is 14.1. The Hall–Kier alpha value is -7.42. The zero-order valence-corrected chi connectivity index (χ0v) is 30.7. The summed E-state index contributed by atoms with van der Waals surface area (Å²) in [6.45, 7) is 0. The molecule has 0 radical (unpaired) electrons. The van der Waals surface area contributed by atoms with E-state index < -0.39 is 0 Å². The number of rotatable bonds is 7. The lowest BCUT2D eigenvalue weighted by atomic mass is 9.92. The first-order valence-electron chi connectivity index (χ1n) is 19.1. The van der Waals surface area contributed by atoms with E-state index in [-0.39, 0.29) is 0 Å². The maximum Gasteiger partial charge on any atom is 0.137 e. The number of nitrogens with zero attached hydrogens (tertiary/aromatic N) is 1. The van der Waals surface area contributed by atoms with Crippen LogP contribution in [-0.2, 0) is 0 Å². The molecule has 0 unspecified atom stereocenters. The summed E-state index contributed by atoms with van der Waals surface area (Å²) >= 11 is 0. The maximum atomic E-state index is 6.91. The molecule has 0 fully saturated rings. The van der Waals surface area contributed by atoms with Crippen LogP contribution < -0.4 is 9.64 Å². The van der Waals surface area contributed by atoms with Gasteiger partial charge in [0.25, 0.3) is 0 Å². The average molecular weight is 716 g/mol. The summed E-state index contributed by atoms with van der Waals surface area (Å²) in [6, 6.07) is 79.9. The number of benzene rings is 9. The van der Waals surface area contributed by atoms with Crippen LogP contribution in [0.3, 0.4) is 0 Å². The maximum absolute atomic E-state index is 6.91. The topological polar surface area (TPSA) is 12.5 Å². The summed E-state index contributed by atoms with van der Waals surface area (Å²) < 4.78 is 6.91. The lowest BCUT2D eigenvalue weighted by Gasteiger charge is -2.27. The van der Waals surface area contributed by atoms with Gasteiger partial charge in [-0.05, 0) is 104 Å². The van der Waals surface area contributed by atoms with Crippen molar-refractivity contribution < 1.29 is 4.74 Å². The van der Waals surface area contributed by atoms with Crippen molar-refractivity contribution in [3.05, 3.63) is 224 Å². The lowest BCUT2D eigenvalue weighted by molar-refractivity contribution is 0.488. The highest BCUT2D eigenvalue weighted by molar-refractivity contribution is 5.93. The van der Waals surface area contributed by atoms with Crippen LogP contribution in [0, 0.1) is 0 Å². The summed E-state index contributed by atoms with van der Waals surface area (Å²) in [5, 5.41) is 0. The summed E-state index contributed by atoms with van der Waals surface area (Å²) in [7, 11) is 0. The van der Waals surface area contributed by atoms with E-state index in [2.05, 4.69) is 229 Å². The second kappa shape index (κ2) is 14.4. The molecule has 264 valence electrons. The van der Waals surface area contributed by atoms with Crippen LogP contribution in [0.2, 0.25) is 0 Å². The minimum absolute atomic E-state index is 0.821. The van der Waals surface area contributed by atoms with Crippen LogP contribution in [0.5, 0.6) is 11.5 Å². The van der Waals surface area contributed by atoms with Crippen LogP contribution in [0.15, 0.2) is 224 Å². The molecule has 0 atom stereocenters. The van der Waals surface area contributed by atoms with Crippen molar-refractivity contribution >= 4 is 17.1 Å². The Morgan fingerprint density at radius 1 is 0.232 bits per heavy atom. The summed E-state index contributed by atoms with van der Waals surface area (Å²) in [5.74, 6) is 1.66. The quantitative estimate of drug-likeness (QED) is 0.163. The monoisotopic (exact) mass is 715 g/mol. The Labute approximate surface area is 328 Å². The molecule has 9 aromatic carbocycles. The highest BCUT2D eigenvalue weighted by Crippen LogP contribution is 2.50. The third-order valence-corrected chi connectivity index (χ3v) is 10.7. The van der Waals surface area contributed by atoms with Crippen molar-refractivity contribution in [2.75, 3.05) is 4.90 Å². The second-order valence-corrected chi connectivity index (χ2v) is 14.1. The van der Waals surface area contributed by atoms with Gasteiger partial charge in [-0.25, -0.2) is 0 Å². The predicted octanol–water partition coefficient (Wildman–Crippen LogP) is 15.3. The summed E-state index contributed by atoms with van der Waals surface area (Å²) in [5.41, 5.74) is 17.1. The molecule has 1 heterocycles. The van der Waals surface area contributed by atoms with E-state index >= 15 is 0 Å². The van der Waals surface area contributed by atoms with Crippen molar-refractivity contribution in [2.45, 2.75) is 0 Å². The molecule has 0 bridgehead atoms. The lowest BCUT2D eigenvalue weighted by Crippen LogP contribution is -2.10. The van der Waals surface area contributed by atoms with E-state index in [4.69, 9.17) is 4.74 Å². The molecular formula is C54H37NO. The van der Waals surface area contributed by atoms with Gasteiger partial charge in [-0.2, -0.15) is 0 Å². The van der Waals surface area contributed by atoms with E-state index in [1.165, 1.54) is 38.9 Å². The van der Waals surface area contributed by atoms with Crippen LogP contribution in [0.1, 0.15) is 0 Å². The summed E-state index contributed by atoms with van der Waals surface area (Å²) in [4.78, 5) is 2.32. The third-order valence-electron chi connectivity index (χ3n) is 10.7. The van der Waals surface area contributed by atoms with E-state index in [0.29, 0.717) is 0 Å². The van der Waals surface area contributed by atoms with Gasteiger partial charge in [0.15, 0.2) is 0 Å². The van der Waals surface area contributed by atoms with E-state index in [1.54, 1.807) is 0 Å². The number of hydrogen-bond acceptors (Lipinski definition) is 2. The molecule has 0 aliphatic carbocycles. The molecule has 0 N–H and O–H groups in total. The van der Waals surface area contributed by atoms with Crippen molar-refractivity contribution in [3.8, 4) is 78.3 Å². The SMILES string of the molecule is c1ccc(-c2ccc(-c3ccc(N(c4ccc(-c5ccccc5)cc4)c4ccc5c(c4)Oc4ccc(-c6ccccc6)cc4-c4ccccc4-5)cc3)cc2)cc1. The van der Waals surface area contributed by atoms with Crippen molar-refractivity contribution in [1.82, 2.24) is 0 Å². The molecule has 1 aliphatic heterocycles. The molecule has 0 saturated heterocycles. The van der Waals surface area contributed by atoms with Crippen molar-refractivity contribution in [3.63, 3.8) is 0 Å². The smallest absolute Gasteiger partial charge is 0.137 e. The molecule has 0 aromatic heterocycles. The number of ether oxygens (including phenoxy) is 1. The first kappa shape index (κ1) is 33.2. The van der Waals surface area contributed by atoms with Crippen LogP contribution in [0.25, 0.3) is 66.8 Å². The fourth-order valence-corrected chi connectivity index (χ4v) is 7.84. The molecule has 0 saturated carbocycles. The molecule has 2 heteroatoms. The van der Waals surface area contributed by atoms with Crippen LogP contribution in [-0.4, -0.2) is 0 Å². The minimum Gasteiger partial charge on any atom is -0.456 e. The molecule has 1 aliphatic rings. The van der Waals surface area contributed by atoms with Gasteiger partial charge in [0.1, 0.15) is 11.5 Å². The highest BCUT2D eigenvalue weighted by atomic mass is 16.5. The van der Waals surface area contributed by atoms with Gasteiger partial charge in [0, 0.05) is 34.3 Å². The van der Waals surface area contributed by atoms with Crippen molar-refractivity contribution in [2.24, 2.45) is 0 Å². The molecule has 0 spiro atoms. The molecule has 10 rings (SSSR count). The zero-order valence-electron chi connectivity index (χ0n) is 30.7. The van der Waals surface area contributed by atoms with E-state index in [9.17, 15) is 0 Å². The minimum atomic E-state index is 0.821. The third kappa shape index (κ3) is 6.34. The number of fused-ring (bicyclic) bond motifs is 5. The van der Waals surface area contributed by atoms with Gasteiger partial charge in [0.05, 0.1) is 0 Å². The normalized spacial score (nSPS) is 11.4. The Bertz CT molecular complexity index is 2780. The van der Waals surface area contributed by atoms with Crippen LogP contribution in [0.4, 0.5) is 17.1 Å². The van der Waals surface area contributed by atoms with Gasteiger partial charge in [-0.15, -0.1) is 0 Å². The summed E-state index contributed by atoms with van der Waals surface area (Å²) in [6.07, 6.45) is 0. The first-order chi connectivity index (χ1) is 27.7.